The van der Waals surface area contributed by atoms with E-state index in [1.165, 1.54) is 49.6 Å². The van der Waals surface area contributed by atoms with Gasteiger partial charge in [0.1, 0.15) is 73.3 Å². The average molecular weight is 1000 g/mol. The largest absolute Gasteiger partial charge is 0.790 e. The molecular formula is C42H57F6N12O8P. The zero-order valence-electron chi connectivity index (χ0n) is 38.5. The second-order valence-electron chi connectivity index (χ2n) is 17.3. The van der Waals surface area contributed by atoms with Crippen LogP contribution in [-0.4, -0.2) is 152 Å². The minimum absolute atomic E-state index is 0. The summed E-state index contributed by atoms with van der Waals surface area (Å²) in [6.45, 7) is 5.35. The van der Waals surface area contributed by atoms with Crippen molar-refractivity contribution in [3.63, 3.8) is 0 Å². The van der Waals surface area contributed by atoms with Gasteiger partial charge in [0.05, 0.1) is 111 Å². The van der Waals surface area contributed by atoms with Crippen LogP contribution >= 0.6 is 7.82 Å². The van der Waals surface area contributed by atoms with Crippen LogP contribution in [0.15, 0.2) is 86.5 Å². The zero-order chi connectivity index (χ0) is 49.8. The normalized spacial score (nSPS) is 14.3. The number of benzene rings is 2. The number of aromatic nitrogens is 10. The van der Waals surface area contributed by atoms with Gasteiger partial charge in [0.2, 0.25) is 0 Å². The first-order chi connectivity index (χ1) is 31.3. The summed E-state index contributed by atoms with van der Waals surface area (Å²) >= 11 is 0. The maximum atomic E-state index is 15.2. The molecule has 69 heavy (non-hydrogen) atoms. The summed E-state index contributed by atoms with van der Waals surface area (Å²) in [7, 11) is 2.50. The maximum Gasteiger partial charge on any atom is 0.159 e. The number of rotatable bonds is 18. The smallest absolute Gasteiger partial charge is 0.159 e. The number of likely N-dealkylation sites (N-methyl/N-ethyl adjacent to an activating group) is 2. The van der Waals surface area contributed by atoms with Crippen LogP contribution in [0.25, 0.3) is 0 Å². The number of nitrogens with zero attached hydrogens (tertiary/aromatic N) is 12. The van der Waals surface area contributed by atoms with E-state index in [9.17, 15) is 27.8 Å². The first-order valence-electron chi connectivity index (χ1n) is 20.4. The lowest BCUT2D eigenvalue weighted by Gasteiger charge is -2.44. The van der Waals surface area contributed by atoms with Crippen molar-refractivity contribution in [2.45, 2.75) is 49.6 Å². The summed E-state index contributed by atoms with van der Waals surface area (Å²) in [6, 6.07) is 6.93. The lowest BCUT2D eigenvalue weighted by molar-refractivity contribution is -0.895. The molecule has 7 N–H and O–H groups in total. The van der Waals surface area contributed by atoms with Crippen LogP contribution in [0.3, 0.4) is 0 Å². The predicted octanol–water partition coefficient (Wildman–Crippen LogP) is 0.750. The number of hydrogen-bond donors (Lipinski definition) is 3. The second-order valence-corrected chi connectivity index (χ2v) is 18.2. The van der Waals surface area contributed by atoms with Crippen molar-refractivity contribution in [2.75, 3.05) is 67.6 Å². The molecule has 0 radical (unpaired) electrons. The highest BCUT2D eigenvalue weighted by molar-refractivity contribution is 7.42. The number of hydrogen-bond acceptors (Lipinski definition) is 13. The van der Waals surface area contributed by atoms with Gasteiger partial charge in [-0.05, 0) is 12.1 Å². The molecule has 0 amide bonds. The van der Waals surface area contributed by atoms with Crippen LogP contribution in [0, 0.1) is 34.9 Å². The van der Waals surface area contributed by atoms with E-state index in [1.807, 2.05) is 42.0 Å². The molecule has 0 fully saturated rings. The Morgan fingerprint density at radius 1 is 0.623 bits per heavy atom. The van der Waals surface area contributed by atoms with E-state index >= 15 is 8.78 Å². The molecule has 0 saturated carbocycles. The Kier molecular flexibility index (Phi) is 21.8. The average Bonchev–Trinajstić information content (AvgIpc) is 3.95. The number of quaternary nitrogens is 2. The summed E-state index contributed by atoms with van der Waals surface area (Å²) in [5.41, 5.74) is -1.54. The molecular weight excluding hydrogens is 945 g/mol. The van der Waals surface area contributed by atoms with Gasteiger partial charge >= 0.3 is 0 Å². The molecule has 27 heteroatoms. The summed E-state index contributed by atoms with van der Waals surface area (Å²) < 4.78 is 97.4. The van der Waals surface area contributed by atoms with Gasteiger partial charge in [-0.15, -0.1) is 0 Å². The molecule has 4 aromatic heterocycles. The van der Waals surface area contributed by atoms with Crippen molar-refractivity contribution in [1.29, 1.82) is 0 Å². The quantitative estimate of drug-likeness (QED) is 0.0609. The minimum Gasteiger partial charge on any atom is -0.790 e. The third kappa shape index (κ3) is 16.8. The van der Waals surface area contributed by atoms with E-state index < -0.39 is 65.4 Å². The molecule has 0 aliphatic carbocycles. The number of halogens is 6. The van der Waals surface area contributed by atoms with Gasteiger partial charge < -0.3 is 49.4 Å². The molecule has 0 saturated heterocycles. The zero-order valence-corrected chi connectivity index (χ0v) is 39.4. The van der Waals surface area contributed by atoms with Gasteiger partial charge in [0.15, 0.2) is 11.6 Å². The number of aliphatic hydroxyl groups excluding tert-OH is 2. The summed E-state index contributed by atoms with van der Waals surface area (Å²) in [5.74, 6) is -4.37. The molecule has 0 spiro atoms. The highest BCUT2D eigenvalue weighted by Crippen LogP contribution is 2.44. The molecule has 2 aromatic carbocycles. The highest BCUT2D eigenvalue weighted by Gasteiger charge is 2.49. The Balaban J connectivity index is 0.000000420. The van der Waals surface area contributed by atoms with Gasteiger partial charge in [-0.1, -0.05) is 26.0 Å². The third-order valence-electron chi connectivity index (χ3n) is 11.3. The standard InChI is InChI=1S/2C21H26F3N6O.H3O4P.2H2O/c2*1-15(20-26-9-17(23)10-27-20)21(11-29-14-25-13-28-29,12-30(2,3)6-7-31)18-5-4-16(22)8-19(18)24;1-5(2,3)4;;/h2*4-5,8-10,13-15,31H,6-7,11-12H2,1-3H3;(H3,1,2,3,4);2*1H2/q2*+1;;;/p-2/t2*15-,21+;;;/m11.../s1. The van der Waals surface area contributed by atoms with Gasteiger partial charge in [-0.2, -0.15) is 10.2 Å². The van der Waals surface area contributed by atoms with Crippen molar-refractivity contribution in [3.8, 4) is 0 Å². The predicted molar refractivity (Wildman–Crippen MR) is 232 cm³/mol. The maximum absolute atomic E-state index is 15.2. The topological polar surface area (TPSA) is 300 Å². The molecule has 380 valence electrons. The van der Waals surface area contributed by atoms with Gasteiger partial charge in [-0.25, -0.2) is 56.2 Å². The Bertz CT molecular complexity index is 2340. The SMILES string of the molecule is C[C@H](c1ncc(F)cn1)[C@](Cn1cncn1)(C[N+](C)(C)CCO)c1ccc(F)cc1F.C[C@H](c1ncc(F)cn1)[C@](Cn1cncn1)(C[N+](C)(C)CCO)c1ccc(F)cc1F.O.O.O=P([O-])([O-])O. The molecule has 4 heterocycles. The number of phosphoric acid groups is 1. The first kappa shape index (κ1) is 59.5. The van der Waals surface area contributed by atoms with Gasteiger partial charge in [0, 0.05) is 35.1 Å². The van der Waals surface area contributed by atoms with Crippen molar-refractivity contribution in [1.82, 2.24) is 49.5 Å². The molecule has 4 atom stereocenters. The van der Waals surface area contributed by atoms with Crippen LogP contribution in [0.2, 0.25) is 0 Å². The van der Waals surface area contributed by atoms with E-state index in [0.29, 0.717) is 46.8 Å². The molecule has 0 aliphatic rings. The molecule has 20 nitrogen and oxygen atoms in total. The van der Waals surface area contributed by atoms with Crippen LogP contribution in [0.1, 0.15) is 48.5 Å². The van der Waals surface area contributed by atoms with Crippen molar-refractivity contribution in [3.05, 3.63) is 144 Å². The van der Waals surface area contributed by atoms with Crippen LogP contribution < -0.4 is 9.79 Å². The van der Waals surface area contributed by atoms with Gasteiger partial charge in [0.25, 0.3) is 0 Å². The lowest BCUT2D eigenvalue weighted by atomic mass is 9.69. The fourth-order valence-electron chi connectivity index (χ4n) is 8.26. The Hall–Kier alpha value is -5.67. The first-order valence-corrected chi connectivity index (χ1v) is 21.9. The van der Waals surface area contributed by atoms with E-state index in [1.54, 1.807) is 9.36 Å². The fourth-order valence-corrected chi connectivity index (χ4v) is 8.26. The summed E-state index contributed by atoms with van der Waals surface area (Å²) in [6.07, 6.45) is 10.0. The molecule has 0 aliphatic heterocycles. The van der Waals surface area contributed by atoms with Gasteiger partial charge in [-0.3, -0.25) is 9.36 Å². The van der Waals surface area contributed by atoms with E-state index in [4.69, 9.17) is 19.2 Å². The van der Waals surface area contributed by atoms with Crippen molar-refractivity contribution < 1.29 is 75.7 Å². The van der Waals surface area contributed by atoms with E-state index in [2.05, 4.69) is 40.1 Å². The molecule has 6 aromatic rings. The monoisotopic (exact) mass is 1000 g/mol. The lowest BCUT2D eigenvalue weighted by Crippen LogP contribution is -2.55. The van der Waals surface area contributed by atoms with Crippen LogP contribution in [0.5, 0.6) is 0 Å². The Morgan fingerprint density at radius 3 is 1.20 bits per heavy atom. The Morgan fingerprint density at radius 2 is 0.942 bits per heavy atom. The van der Waals surface area contributed by atoms with Crippen molar-refractivity contribution >= 4 is 7.82 Å². The van der Waals surface area contributed by atoms with Crippen LogP contribution in [0.4, 0.5) is 26.3 Å². The van der Waals surface area contributed by atoms with Crippen LogP contribution in [-0.2, 0) is 28.5 Å². The second kappa shape index (κ2) is 25.3. The Labute approximate surface area is 393 Å². The molecule has 0 unspecified atom stereocenters. The highest BCUT2D eigenvalue weighted by atomic mass is 31.2. The molecule has 0 bridgehead atoms. The molecule has 6 rings (SSSR count). The summed E-state index contributed by atoms with van der Waals surface area (Å²) in [4.78, 5) is 48.8. The van der Waals surface area contributed by atoms with Crippen molar-refractivity contribution in [2.24, 2.45) is 0 Å². The minimum atomic E-state index is -5.14. The third-order valence-corrected chi connectivity index (χ3v) is 11.3. The fraction of sp³-hybridized carbons (Fsp3) is 0.429. The van der Waals surface area contributed by atoms with E-state index in [0.717, 1.165) is 36.9 Å². The number of aliphatic hydroxyl groups is 2. The summed E-state index contributed by atoms with van der Waals surface area (Å²) in [5, 5.41) is 27.5. The van der Waals surface area contributed by atoms with E-state index in [-0.39, 0.29) is 48.4 Å².